The third kappa shape index (κ3) is 3.28. The van der Waals surface area contributed by atoms with Crippen molar-refractivity contribution >= 4 is 17.3 Å². The minimum Gasteiger partial charge on any atom is -0.389 e. The summed E-state index contributed by atoms with van der Waals surface area (Å²) < 4.78 is 1.78. The van der Waals surface area contributed by atoms with Crippen LogP contribution in [0.4, 0.5) is 5.69 Å². The third-order valence-corrected chi connectivity index (χ3v) is 3.38. The first-order chi connectivity index (χ1) is 8.97. The van der Waals surface area contributed by atoms with E-state index in [2.05, 4.69) is 10.00 Å². The quantitative estimate of drug-likeness (QED) is 0.936. The van der Waals surface area contributed by atoms with Gasteiger partial charge in [-0.25, -0.2) is 0 Å². The van der Waals surface area contributed by atoms with Gasteiger partial charge < -0.3 is 10.0 Å². The average Bonchev–Trinajstić information content (AvgIpc) is 2.74. The highest BCUT2D eigenvalue weighted by Crippen LogP contribution is 2.27. The van der Waals surface area contributed by atoms with Crippen LogP contribution in [0.25, 0.3) is 0 Å². The van der Waals surface area contributed by atoms with E-state index >= 15 is 0 Å². The molecule has 1 aromatic heterocycles. The monoisotopic (exact) mass is 279 g/mol. The molecule has 0 aliphatic carbocycles. The summed E-state index contributed by atoms with van der Waals surface area (Å²) >= 11 is 6.17. The molecule has 0 aliphatic heterocycles. The molecule has 0 fully saturated rings. The van der Waals surface area contributed by atoms with Gasteiger partial charge in [-0.2, -0.15) is 5.10 Å². The smallest absolute Gasteiger partial charge is 0.0776 e. The minimum atomic E-state index is -0.551. The zero-order valence-corrected chi connectivity index (χ0v) is 12.1. The topological polar surface area (TPSA) is 41.3 Å². The van der Waals surface area contributed by atoms with E-state index < -0.39 is 6.10 Å². The summed E-state index contributed by atoms with van der Waals surface area (Å²) in [5.74, 6) is 0. The van der Waals surface area contributed by atoms with Gasteiger partial charge >= 0.3 is 0 Å². The Morgan fingerprint density at radius 3 is 2.74 bits per heavy atom. The zero-order chi connectivity index (χ0) is 14.0. The van der Waals surface area contributed by atoms with Gasteiger partial charge in [0, 0.05) is 43.1 Å². The van der Waals surface area contributed by atoms with E-state index in [-0.39, 0.29) is 0 Å². The van der Waals surface area contributed by atoms with E-state index in [1.807, 2.05) is 44.7 Å². The highest BCUT2D eigenvalue weighted by atomic mass is 35.5. The van der Waals surface area contributed by atoms with Gasteiger partial charge in [-0.15, -0.1) is 0 Å². The van der Waals surface area contributed by atoms with Gasteiger partial charge in [0.2, 0.25) is 0 Å². The SMILES string of the molecule is CC(O)c1ccc(N(C)Cc2cnn(C)c2)cc1Cl. The van der Waals surface area contributed by atoms with E-state index in [9.17, 15) is 5.11 Å². The summed E-state index contributed by atoms with van der Waals surface area (Å²) in [6.45, 7) is 2.47. The highest BCUT2D eigenvalue weighted by Gasteiger charge is 2.10. The van der Waals surface area contributed by atoms with Crippen LogP contribution in [0.5, 0.6) is 0 Å². The molecule has 19 heavy (non-hydrogen) atoms. The van der Waals surface area contributed by atoms with E-state index in [1.54, 1.807) is 11.6 Å². The maximum Gasteiger partial charge on any atom is 0.0776 e. The molecule has 1 heterocycles. The van der Waals surface area contributed by atoms with Crippen molar-refractivity contribution in [3.63, 3.8) is 0 Å². The molecule has 2 rings (SSSR count). The van der Waals surface area contributed by atoms with Crippen molar-refractivity contribution < 1.29 is 5.11 Å². The molecule has 1 atom stereocenters. The van der Waals surface area contributed by atoms with Crippen molar-refractivity contribution in [1.29, 1.82) is 0 Å². The predicted octanol–water partition coefficient (Wildman–Crippen LogP) is 2.76. The molecule has 102 valence electrons. The number of benzene rings is 1. The maximum atomic E-state index is 9.56. The normalized spacial score (nSPS) is 12.5. The Kier molecular flexibility index (Phi) is 4.12. The van der Waals surface area contributed by atoms with E-state index in [1.165, 1.54) is 0 Å². The number of anilines is 1. The lowest BCUT2D eigenvalue weighted by atomic mass is 10.1. The van der Waals surface area contributed by atoms with Crippen LogP contribution in [0, 0.1) is 0 Å². The van der Waals surface area contributed by atoms with E-state index in [4.69, 9.17) is 11.6 Å². The van der Waals surface area contributed by atoms with Gasteiger partial charge in [0.05, 0.1) is 12.3 Å². The largest absolute Gasteiger partial charge is 0.389 e. The third-order valence-electron chi connectivity index (χ3n) is 3.05. The van der Waals surface area contributed by atoms with Crippen molar-refractivity contribution in [3.05, 3.63) is 46.7 Å². The summed E-state index contributed by atoms with van der Waals surface area (Å²) in [6, 6.07) is 5.70. The van der Waals surface area contributed by atoms with Crippen LogP contribution in [0.2, 0.25) is 5.02 Å². The van der Waals surface area contributed by atoms with Gasteiger partial charge in [-0.1, -0.05) is 17.7 Å². The molecule has 1 unspecified atom stereocenters. The molecule has 0 aliphatic rings. The fourth-order valence-electron chi connectivity index (χ4n) is 2.01. The molecule has 0 saturated carbocycles. The number of aromatic nitrogens is 2. The first kappa shape index (κ1) is 13.9. The Bertz CT molecular complexity index is 566. The molecule has 4 nitrogen and oxygen atoms in total. The first-order valence-corrected chi connectivity index (χ1v) is 6.51. The Balaban J connectivity index is 2.15. The average molecular weight is 280 g/mol. The molecular weight excluding hydrogens is 262 g/mol. The summed E-state index contributed by atoms with van der Waals surface area (Å²) in [4.78, 5) is 2.09. The van der Waals surface area contributed by atoms with Crippen molar-refractivity contribution in [1.82, 2.24) is 9.78 Å². The van der Waals surface area contributed by atoms with Gasteiger partial charge in [0.25, 0.3) is 0 Å². The molecule has 5 heteroatoms. The summed E-state index contributed by atoms with van der Waals surface area (Å²) in [5.41, 5.74) is 2.90. The van der Waals surface area contributed by atoms with Crippen molar-refractivity contribution in [2.24, 2.45) is 7.05 Å². The van der Waals surface area contributed by atoms with Crippen LogP contribution in [0.15, 0.2) is 30.6 Å². The van der Waals surface area contributed by atoms with Crippen molar-refractivity contribution in [2.45, 2.75) is 19.6 Å². The number of halogens is 1. The Labute approximate surface area is 118 Å². The number of hydrogen-bond acceptors (Lipinski definition) is 3. The van der Waals surface area contributed by atoms with Gasteiger partial charge in [0.1, 0.15) is 0 Å². The van der Waals surface area contributed by atoms with E-state index in [0.717, 1.165) is 23.4 Å². The number of aliphatic hydroxyl groups excluding tert-OH is 1. The Hall–Kier alpha value is -1.52. The van der Waals surface area contributed by atoms with Crippen LogP contribution >= 0.6 is 11.6 Å². The number of rotatable bonds is 4. The molecule has 1 aromatic carbocycles. The number of aliphatic hydroxyl groups is 1. The van der Waals surface area contributed by atoms with Gasteiger partial charge in [-0.05, 0) is 24.6 Å². The van der Waals surface area contributed by atoms with Crippen LogP contribution in [0.3, 0.4) is 0 Å². The predicted molar refractivity (Wildman–Crippen MR) is 77.4 cm³/mol. The van der Waals surface area contributed by atoms with Crippen molar-refractivity contribution in [3.8, 4) is 0 Å². The first-order valence-electron chi connectivity index (χ1n) is 6.13. The van der Waals surface area contributed by atoms with Crippen LogP contribution < -0.4 is 4.90 Å². The molecule has 0 amide bonds. The van der Waals surface area contributed by atoms with Crippen molar-refractivity contribution in [2.75, 3.05) is 11.9 Å². The number of aryl methyl sites for hydroxylation is 1. The molecule has 1 N–H and O–H groups in total. The summed E-state index contributed by atoms with van der Waals surface area (Å²) in [5, 5.41) is 14.3. The molecular formula is C14H18ClN3O. The van der Waals surface area contributed by atoms with Crippen LogP contribution in [0.1, 0.15) is 24.2 Å². The molecule has 0 bridgehead atoms. The Morgan fingerprint density at radius 1 is 1.47 bits per heavy atom. The zero-order valence-electron chi connectivity index (χ0n) is 11.3. The van der Waals surface area contributed by atoms with Gasteiger partial charge in [-0.3, -0.25) is 4.68 Å². The summed E-state index contributed by atoms with van der Waals surface area (Å²) in [7, 11) is 3.90. The van der Waals surface area contributed by atoms with Crippen LogP contribution in [-0.2, 0) is 13.6 Å². The maximum absolute atomic E-state index is 9.56. The van der Waals surface area contributed by atoms with E-state index in [0.29, 0.717) is 5.02 Å². The fraction of sp³-hybridized carbons (Fsp3) is 0.357. The molecule has 2 aromatic rings. The summed E-state index contributed by atoms with van der Waals surface area (Å²) in [6.07, 6.45) is 3.29. The van der Waals surface area contributed by atoms with Crippen LogP contribution in [-0.4, -0.2) is 21.9 Å². The standard InChI is InChI=1S/C14H18ClN3O/c1-10(19)13-5-4-12(6-14(13)15)17(2)8-11-7-16-18(3)9-11/h4-7,9-10,19H,8H2,1-3H3. The second-order valence-corrected chi connectivity index (χ2v) is 5.17. The lowest BCUT2D eigenvalue weighted by Gasteiger charge is -2.20. The molecule has 0 radical (unpaired) electrons. The number of hydrogen-bond donors (Lipinski definition) is 1. The van der Waals surface area contributed by atoms with Gasteiger partial charge in [0.15, 0.2) is 0 Å². The minimum absolute atomic E-state index is 0.551. The second kappa shape index (κ2) is 5.63. The fourth-order valence-corrected chi connectivity index (χ4v) is 2.34. The lowest BCUT2D eigenvalue weighted by molar-refractivity contribution is 0.199. The number of nitrogens with zero attached hydrogens (tertiary/aromatic N) is 3. The molecule has 0 saturated heterocycles. The highest BCUT2D eigenvalue weighted by molar-refractivity contribution is 6.31. The lowest BCUT2D eigenvalue weighted by Crippen LogP contribution is -2.16. The second-order valence-electron chi connectivity index (χ2n) is 4.76. The Morgan fingerprint density at radius 2 is 2.21 bits per heavy atom. The molecule has 0 spiro atoms.